The van der Waals surface area contributed by atoms with Crippen molar-refractivity contribution in [3.05, 3.63) is 0 Å². The standard InChI is InChI=1S/C8H17BrN2O4S/c1-4-7(5-9)10-16(13,14)11-8(12)15-6(2)3/h6-7,10H,4-5H2,1-3H3,(H,11,12). The van der Waals surface area contributed by atoms with Gasteiger partial charge in [-0.1, -0.05) is 22.9 Å². The van der Waals surface area contributed by atoms with Crippen molar-refractivity contribution in [1.82, 2.24) is 9.44 Å². The summed E-state index contributed by atoms with van der Waals surface area (Å²) in [5.74, 6) is 0. The molecule has 0 aliphatic carbocycles. The molecular weight excluding hydrogens is 300 g/mol. The van der Waals surface area contributed by atoms with E-state index in [1.807, 2.05) is 6.92 Å². The fraction of sp³-hybridized carbons (Fsp3) is 0.875. The number of amides is 1. The van der Waals surface area contributed by atoms with Crippen molar-refractivity contribution in [2.75, 3.05) is 5.33 Å². The monoisotopic (exact) mass is 316 g/mol. The van der Waals surface area contributed by atoms with Gasteiger partial charge in [-0.15, -0.1) is 0 Å². The van der Waals surface area contributed by atoms with Crippen molar-refractivity contribution >= 4 is 32.2 Å². The van der Waals surface area contributed by atoms with E-state index in [0.717, 1.165) is 0 Å². The second-order valence-electron chi connectivity index (χ2n) is 3.44. The second-order valence-corrected chi connectivity index (χ2v) is 5.53. The largest absolute Gasteiger partial charge is 0.446 e. The number of ether oxygens (including phenoxy) is 1. The highest BCUT2D eigenvalue weighted by Crippen LogP contribution is 1.98. The summed E-state index contributed by atoms with van der Waals surface area (Å²) in [6.07, 6.45) is -0.731. The van der Waals surface area contributed by atoms with Crippen LogP contribution >= 0.6 is 15.9 Å². The van der Waals surface area contributed by atoms with Crippen LogP contribution < -0.4 is 9.44 Å². The Labute approximate surface area is 104 Å². The summed E-state index contributed by atoms with van der Waals surface area (Å²) >= 11 is 3.16. The Bertz CT molecular complexity index is 314. The van der Waals surface area contributed by atoms with Gasteiger partial charge in [0.25, 0.3) is 0 Å². The van der Waals surface area contributed by atoms with E-state index in [4.69, 9.17) is 0 Å². The molecule has 96 valence electrons. The minimum absolute atomic E-state index is 0.260. The Balaban J connectivity index is 4.29. The van der Waals surface area contributed by atoms with Gasteiger partial charge in [0.1, 0.15) is 0 Å². The van der Waals surface area contributed by atoms with Crippen LogP contribution in [0.15, 0.2) is 0 Å². The van der Waals surface area contributed by atoms with Gasteiger partial charge >= 0.3 is 16.3 Å². The zero-order valence-corrected chi connectivity index (χ0v) is 11.9. The van der Waals surface area contributed by atoms with Crippen LogP contribution in [0.25, 0.3) is 0 Å². The average molecular weight is 317 g/mol. The zero-order chi connectivity index (χ0) is 12.8. The molecule has 16 heavy (non-hydrogen) atoms. The first kappa shape index (κ1) is 15.7. The van der Waals surface area contributed by atoms with Gasteiger partial charge in [-0.05, 0) is 20.3 Å². The summed E-state index contributed by atoms with van der Waals surface area (Å²) in [6.45, 7) is 5.10. The Morgan fingerprint density at radius 1 is 1.44 bits per heavy atom. The molecule has 0 aromatic heterocycles. The lowest BCUT2D eigenvalue weighted by Crippen LogP contribution is -2.46. The topological polar surface area (TPSA) is 84.5 Å². The van der Waals surface area contributed by atoms with Gasteiger partial charge in [-0.3, -0.25) is 0 Å². The fourth-order valence-electron chi connectivity index (χ4n) is 0.821. The number of hydrogen-bond acceptors (Lipinski definition) is 4. The van der Waals surface area contributed by atoms with Crippen LogP contribution in [0.4, 0.5) is 4.79 Å². The van der Waals surface area contributed by atoms with E-state index in [2.05, 4.69) is 25.4 Å². The van der Waals surface area contributed by atoms with Crippen molar-refractivity contribution in [1.29, 1.82) is 0 Å². The van der Waals surface area contributed by atoms with E-state index < -0.39 is 16.3 Å². The molecule has 0 saturated carbocycles. The highest BCUT2D eigenvalue weighted by Gasteiger charge is 2.19. The maximum atomic E-state index is 11.4. The van der Waals surface area contributed by atoms with Gasteiger partial charge in [0.15, 0.2) is 0 Å². The number of carbonyl (C=O) groups is 1. The van der Waals surface area contributed by atoms with Crippen molar-refractivity contribution in [3.63, 3.8) is 0 Å². The van der Waals surface area contributed by atoms with Crippen molar-refractivity contribution in [2.24, 2.45) is 0 Å². The van der Waals surface area contributed by atoms with Crippen LogP contribution in [0.2, 0.25) is 0 Å². The average Bonchev–Trinajstić information content (AvgIpc) is 2.11. The summed E-state index contributed by atoms with van der Waals surface area (Å²) < 4.78 is 31.5. The number of rotatable bonds is 6. The molecule has 0 saturated heterocycles. The summed E-state index contributed by atoms with van der Waals surface area (Å²) in [4.78, 5) is 11.1. The molecule has 0 spiro atoms. The molecule has 0 aromatic rings. The number of hydrogen-bond donors (Lipinski definition) is 2. The maximum Gasteiger partial charge on any atom is 0.422 e. The third-order valence-corrected chi connectivity index (χ3v) is 3.42. The maximum absolute atomic E-state index is 11.4. The molecule has 8 heteroatoms. The molecule has 1 atom stereocenters. The quantitative estimate of drug-likeness (QED) is 0.719. The van der Waals surface area contributed by atoms with E-state index in [1.165, 1.54) is 0 Å². The second kappa shape index (κ2) is 7.08. The van der Waals surface area contributed by atoms with Gasteiger partial charge < -0.3 is 4.74 Å². The molecule has 0 aliphatic heterocycles. The van der Waals surface area contributed by atoms with E-state index >= 15 is 0 Å². The number of carbonyl (C=O) groups excluding carboxylic acids is 1. The predicted octanol–water partition coefficient (Wildman–Crippen LogP) is 1.13. The fourth-order valence-corrected chi connectivity index (χ4v) is 2.67. The molecule has 0 radical (unpaired) electrons. The zero-order valence-electron chi connectivity index (χ0n) is 9.49. The van der Waals surface area contributed by atoms with E-state index in [-0.39, 0.29) is 12.1 Å². The molecule has 2 N–H and O–H groups in total. The molecule has 1 unspecified atom stereocenters. The summed E-state index contributed by atoms with van der Waals surface area (Å²) in [6, 6.07) is -0.260. The molecule has 0 fully saturated rings. The Morgan fingerprint density at radius 3 is 2.38 bits per heavy atom. The third-order valence-electron chi connectivity index (χ3n) is 1.56. The Hall–Kier alpha value is -0.340. The minimum Gasteiger partial charge on any atom is -0.446 e. The number of nitrogens with one attached hydrogen (secondary N) is 2. The van der Waals surface area contributed by atoms with E-state index in [0.29, 0.717) is 11.8 Å². The van der Waals surface area contributed by atoms with E-state index in [1.54, 1.807) is 18.6 Å². The first-order valence-corrected chi connectivity index (χ1v) is 7.47. The SMILES string of the molecule is CCC(CBr)NS(=O)(=O)NC(=O)OC(C)C. The van der Waals surface area contributed by atoms with Crippen LogP contribution in [0, 0.1) is 0 Å². The summed E-state index contributed by atoms with van der Waals surface area (Å²) in [7, 11) is -3.85. The van der Waals surface area contributed by atoms with E-state index in [9.17, 15) is 13.2 Å². The Morgan fingerprint density at radius 2 is 2.00 bits per heavy atom. The smallest absolute Gasteiger partial charge is 0.422 e. The molecule has 0 aromatic carbocycles. The molecule has 1 amide bonds. The van der Waals surface area contributed by atoms with Gasteiger partial charge in [-0.2, -0.15) is 13.1 Å². The van der Waals surface area contributed by atoms with Gasteiger partial charge in [-0.25, -0.2) is 9.52 Å². The van der Waals surface area contributed by atoms with Crippen molar-refractivity contribution in [2.45, 2.75) is 39.3 Å². The van der Waals surface area contributed by atoms with Crippen molar-refractivity contribution in [3.8, 4) is 0 Å². The van der Waals surface area contributed by atoms with Crippen LogP contribution in [0.1, 0.15) is 27.2 Å². The molecule has 6 nitrogen and oxygen atoms in total. The van der Waals surface area contributed by atoms with Crippen LogP contribution in [0.5, 0.6) is 0 Å². The lowest BCUT2D eigenvalue weighted by Gasteiger charge is -2.15. The highest BCUT2D eigenvalue weighted by atomic mass is 79.9. The first-order chi connectivity index (χ1) is 7.30. The lowest BCUT2D eigenvalue weighted by atomic mass is 10.3. The third kappa shape index (κ3) is 7.02. The minimum atomic E-state index is -3.85. The molecular formula is C8H17BrN2O4S. The number of halogens is 1. The van der Waals surface area contributed by atoms with Crippen molar-refractivity contribution < 1.29 is 17.9 Å². The molecule has 0 aliphatic rings. The van der Waals surface area contributed by atoms with Crippen LogP contribution in [-0.2, 0) is 14.9 Å². The van der Waals surface area contributed by atoms with Crippen LogP contribution in [-0.4, -0.2) is 32.0 Å². The molecule has 0 heterocycles. The highest BCUT2D eigenvalue weighted by molar-refractivity contribution is 9.09. The van der Waals surface area contributed by atoms with Gasteiger partial charge in [0.2, 0.25) is 0 Å². The first-order valence-electron chi connectivity index (χ1n) is 4.87. The predicted molar refractivity (Wildman–Crippen MR) is 64.7 cm³/mol. The Kier molecular flexibility index (Phi) is 6.93. The lowest BCUT2D eigenvalue weighted by molar-refractivity contribution is 0.121. The number of alkyl halides is 1. The normalized spacial score (nSPS) is 13.6. The summed E-state index contributed by atoms with van der Waals surface area (Å²) in [5.41, 5.74) is 0. The summed E-state index contributed by atoms with van der Waals surface area (Å²) in [5, 5.41) is 0.476. The molecule has 0 rings (SSSR count). The van der Waals surface area contributed by atoms with Gasteiger partial charge in [0.05, 0.1) is 6.10 Å². The van der Waals surface area contributed by atoms with Crippen LogP contribution in [0.3, 0.4) is 0 Å². The molecule has 0 bridgehead atoms. The van der Waals surface area contributed by atoms with Gasteiger partial charge in [0, 0.05) is 11.4 Å².